The molecule has 0 saturated heterocycles. The molecule has 0 spiro atoms. The maximum atomic E-state index is 5.44. The summed E-state index contributed by atoms with van der Waals surface area (Å²) in [5.74, 6) is 1.50. The van der Waals surface area contributed by atoms with Gasteiger partial charge in [-0.3, -0.25) is 0 Å². The minimum absolute atomic E-state index is 0.442. The molecule has 0 fully saturated rings. The molecule has 0 aliphatic rings. The molecule has 4 nitrogen and oxygen atoms in total. The molecule has 0 radical (unpaired) electrons. The smallest absolute Gasteiger partial charge is 0.208 e. The van der Waals surface area contributed by atoms with Crippen LogP contribution in [0.1, 0.15) is 32.4 Å². The molecule has 0 bridgehead atoms. The number of oxazole rings is 1. The standard InChI is InChI=1S/C10H18N2O2/c1-4-13-7-9-5-12-10(14-9)6-11-8(2)3/h5,8,11H,4,6-7H2,1-3H3. The van der Waals surface area contributed by atoms with Gasteiger partial charge in [0.15, 0.2) is 0 Å². The first-order valence-corrected chi connectivity index (χ1v) is 4.97. The number of rotatable bonds is 6. The Labute approximate surface area is 84.7 Å². The lowest BCUT2D eigenvalue weighted by Crippen LogP contribution is -2.21. The predicted molar refractivity (Wildman–Crippen MR) is 53.8 cm³/mol. The second-order valence-corrected chi connectivity index (χ2v) is 3.39. The number of nitrogens with zero attached hydrogens (tertiary/aromatic N) is 1. The van der Waals surface area contributed by atoms with E-state index in [0.29, 0.717) is 31.7 Å². The second-order valence-electron chi connectivity index (χ2n) is 3.39. The molecular formula is C10H18N2O2. The molecule has 1 aromatic heterocycles. The van der Waals surface area contributed by atoms with Crippen molar-refractivity contribution >= 4 is 0 Å². The van der Waals surface area contributed by atoms with Gasteiger partial charge >= 0.3 is 0 Å². The van der Waals surface area contributed by atoms with Gasteiger partial charge in [-0.25, -0.2) is 4.98 Å². The molecule has 0 aliphatic carbocycles. The molecule has 0 amide bonds. The Morgan fingerprint density at radius 1 is 1.57 bits per heavy atom. The molecule has 1 rings (SSSR count). The quantitative estimate of drug-likeness (QED) is 0.756. The first-order valence-electron chi connectivity index (χ1n) is 4.97. The number of nitrogens with one attached hydrogen (secondary N) is 1. The van der Waals surface area contributed by atoms with Crippen molar-refractivity contribution in [1.29, 1.82) is 0 Å². The maximum absolute atomic E-state index is 5.44. The van der Waals surface area contributed by atoms with E-state index in [0.717, 1.165) is 5.76 Å². The van der Waals surface area contributed by atoms with Crippen LogP contribution in [0.4, 0.5) is 0 Å². The van der Waals surface area contributed by atoms with Gasteiger partial charge in [0.2, 0.25) is 5.89 Å². The van der Waals surface area contributed by atoms with Crippen molar-refractivity contribution in [2.24, 2.45) is 0 Å². The first-order chi connectivity index (χ1) is 6.72. The summed E-state index contributed by atoms with van der Waals surface area (Å²) in [4.78, 5) is 4.13. The predicted octanol–water partition coefficient (Wildman–Crippen LogP) is 1.71. The number of aromatic nitrogens is 1. The van der Waals surface area contributed by atoms with Crippen molar-refractivity contribution in [3.63, 3.8) is 0 Å². The van der Waals surface area contributed by atoms with Crippen molar-refractivity contribution < 1.29 is 9.15 Å². The fourth-order valence-corrected chi connectivity index (χ4v) is 0.991. The van der Waals surface area contributed by atoms with E-state index in [9.17, 15) is 0 Å². The molecular weight excluding hydrogens is 180 g/mol. The SMILES string of the molecule is CCOCc1cnc(CNC(C)C)o1. The minimum atomic E-state index is 0.442. The van der Waals surface area contributed by atoms with Crippen LogP contribution in [0, 0.1) is 0 Å². The van der Waals surface area contributed by atoms with Gasteiger partial charge in [-0.1, -0.05) is 13.8 Å². The highest BCUT2D eigenvalue weighted by Gasteiger charge is 2.03. The van der Waals surface area contributed by atoms with Crippen molar-refractivity contribution in [2.75, 3.05) is 6.61 Å². The molecule has 0 unspecified atom stereocenters. The van der Waals surface area contributed by atoms with Gasteiger partial charge in [0.05, 0.1) is 12.7 Å². The summed E-state index contributed by atoms with van der Waals surface area (Å²) in [5.41, 5.74) is 0. The fraction of sp³-hybridized carbons (Fsp3) is 0.700. The van der Waals surface area contributed by atoms with E-state index in [-0.39, 0.29) is 0 Å². The highest BCUT2D eigenvalue weighted by atomic mass is 16.5. The molecule has 1 aromatic rings. The Kier molecular flexibility index (Phi) is 4.62. The van der Waals surface area contributed by atoms with Crippen LogP contribution in [0.3, 0.4) is 0 Å². The molecule has 0 atom stereocenters. The number of hydrogen-bond acceptors (Lipinski definition) is 4. The number of ether oxygens (including phenoxy) is 1. The summed E-state index contributed by atoms with van der Waals surface area (Å²) in [6.45, 7) is 8.00. The molecule has 1 heterocycles. The highest BCUT2D eigenvalue weighted by molar-refractivity contribution is 4.92. The summed E-state index contributed by atoms with van der Waals surface area (Å²) in [5, 5.41) is 3.23. The molecule has 1 N–H and O–H groups in total. The van der Waals surface area contributed by atoms with Crippen molar-refractivity contribution in [3.05, 3.63) is 17.8 Å². The third-order valence-corrected chi connectivity index (χ3v) is 1.71. The summed E-state index contributed by atoms with van der Waals surface area (Å²) < 4.78 is 10.6. The van der Waals surface area contributed by atoms with Gasteiger partial charge < -0.3 is 14.5 Å². The Morgan fingerprint density at radius 2 is 2.36 bits per heavy atom. The van der Waals surface area contributed by atoms with E-state index in [1.165, 1.54) is 0 Å². The molecule has 0 aliphatic heterocycles. The molecule has 0 saturated carbocycles. The third kappa shape index (κ3) is 3.89. The lowest BCUT2D eigenvalue weighted by atomic mass is 10.4. The monoisotopic (exact) mass is 198 g/mol. The van der Waals surface area contributed by atoms with Crippen LogP contribution in [0.5, 0.6) is 0 Å². The van der Waals surface area contributed by atoms with E-state index in [2.05, 4.69) is 24.1 Å². The van der Waals surface area contributed by atoms with Crippen molar-refractivity contribution in [2.45, 2.75) is 40.0 Å². The summed E-state index contributed by atoms with van der Waals surface area (Å²) >= 11 is 0. The van der Waals surface area contributed by atoms with Gasteiger partial charge in [-0.15, -0.1) is 0 Å². The van der Waals surface area contributed by atoms with Crippen LogP contribution >= 0.6 is 0 Å². The van der Waals surface area contributed by atoms with Crippen LogP contribution in [0.25, 0.3) is 0 Å². The van der Waals surface area contributed by atoms with E-state index < -0.39 is 0 Å². The van der Waals surface area contributed by atoms with Gasteiger partial charge in [0.1, 0.15) is 12.4 Å². The third-order valence-electron chi connectivity index (χ3n) is 1.71. The van der Waals surface area contributed by atoms with Crippen LogP contribution < -0.4 is 5.32 Å². The Balaban J connectivity index is 2.35. The zero-order valence-corrected chi connectivity index (χ0v) is 9.04. The summed E-state index contributed by atoms with van der Waals surface area (Å²) in [7, 11) is 0. The highest BCUT2D eigenvalue weighted by Crippen LogP contribution is 2.04. The average Bonchev–Trinajstić information content (AvgIpc) is 2.59. The van der Waals surface area contributed by atoms with Crippen molar-refractivity contribution in [3.8, 4) is 0 Å². The molecule has 0 aromatic carbocycles. The van der Waals surface area contributed by atoms with E-state index in [1.54, 1.807) is 6.20 Å². The number of hydrogen-bond donors (Lipinski definition) is 1. The van der Waals surface area contributed by atoms with Crippen molar-refractivity contribution in [1.82, 2.24) is 10.3 Å². The fourth-order valence-electron chi connectivity index (χ4n) is 0.991. The van der Waals surface area contributed by atoms with Gasteiger partial charge in [0.25, 0.3) is 0 Å². The molecule has 14 heavy (non-hydrogen) atoms. The second kappa shape index (κ2) is 5.78. The molecule has 4 heteroatoms. The Bertz CT molecular complexity index is 258. The molecule has 80 valence electrons. The van der Waals surface area contributed by atoms with Gasteiger partial charge in [-0.2, -0.15) is 0 Å². The zero-order valence-electron chi connectivity index (χ0n) is 9.04. The Hall–Kier alpha value is -0.870. The average molecular weight is 198 g/mol. The van der Waals surface area contributed by atoms with E-state index >= 15 is 0 Å². The van der Waals surface area contributed by atoms with Crippen LogP contribution in [-0.2, 0) is 17.9 Å². The van der Waals surface area contributed by atoms with Crippen LogP contribution in [0.2, 0.25) is 0 Å². The Morgan fingerprint density at radius 3 is 3.00 bits per heavy atom. The maximum Gasteiger partial charge on any atom is 0.208 e. The van der Waals surface area contributed by atoms with Crippen LogP contribution in [0.15, 0.2) is 10.6 Å². The van der Waals surface area contributed by atoms with Crippen LogP contribution in [-0.4, -0.2) is 17.6 Å². The van der Waals surface area contributed by atoms with Gasteiger partial charge in [0, 0.05) is 12.6 Å². The minimum Gasteiger partial charge on any atom is -0.442 e. The topological polar surface area (TPSA) is 47.3 Å². The van der Waals surface area contributed by atoms with E-state index in [4.69, 9.17) is 9.15 Å². The normalized spacial score (nSPS) is 11.1. The van der Waals surface area contributed by atoms with Gasteiger partial charge in [-0.05, 0) is 6.92 Å². The largest absolute Gasteiger partial charge is 0.442 e. The first kappa shape index (κ1) is 11.2. The zero-order chi connectivity index (χ0) is 10.4. The summed E-state index contributed by atoms with van der Waals surface area (Å²) in [6.07, 6.45) is 1.72. The lowest BCUT2D eigenvalue weighted by molar-refractivity contribution is 0.117. The lowest BCUT2D eigenvalue weighted by Gasteiger charge is -2.03. The van der Waals surface area contributed by atoms with E-state index in [1.807, 2.05) is 6.92 Å². The summed E-state index contributed by atoms with van der Waals surface area (Å²) in [6, 6.07) is 0.442.